The lowest BCUT2D eigenvalue weighted by atomic mass is 10.7. The van der Waals surface area contributed by atoms with Crippen molar-refractivity contribution in [1.82, 2.24) is 20.9 Å². The van der Waals surface area contributed by atoms with Crippen molar-refractivity contribution in [3.63, 3.8) is 0 Å². The van der Waals surface area contributed by atoms with E-state index in [0.29, 0.717) is 0 Å². The zero-order valence-electron chi connectivity index (χ0n) is 9.03. The quantitative estimate of drug-likeness (QED) is 0.693. The molecule has 0 aromatic rings. The Morgan fingerprint density at radius 1 is 1.43 bits per heavy atom. The molecule has 2 N–H and O–H groups in total. The molecule has 0 saturated carbocycles. The van der Waals surface area contributed by atoms with E-state index in [1.54, 1.807) is 11.8 Å². The summed E-state index contributed by atoms with van der Waals surface area (Å²) in [7, 11) is 0. The molecule has 1 heterocycles. The topological polar surface area (TPSA) is 42.9 Å². The predicted octanol–water partition coefficient (Wildman–Crippen LogP) is 0.285. The fraction of sp³-hybridized carbons (Fsp3) is 0.875. The summed E-state index contributed by atoms with van der Waals surface area (Å²) in [6.45, 7) is 6.82. The summed E-state index contributed by atoms with van der Waals surface area (Å²) < 4.78 is 0. The third-order valence-corrected chi connectivity index (χ3v) is 2.64. The number of thioether (sulfide) groups is 1. The number of nitrogens with one attached hydrogen (secondary N) is 2. The molecule has 0 bridgehead atoms. The van der Waals surface area contributed by atoms with Crippen LogP contribution in [-0.4, -0.2) is 47.9 Å². The van der Waals surface area contributed by atoms with Crippen LogP contribution in [0, 0.1) is 0 Å². The first kappa shape index (κ1) is 11.8. The minimum absolute atomic E-state index is 0.185. The highest BCUT2D eigenvalue weighted by Crippen LogP contribution is 2.14. The van der Waals surface area contributed by atoms with E-state index in [1.165, 1.54) is 0 Å². The van der Waals surface area contributed by atoms with Crippen LogP contribution >= 0.6 is 11.8 Å². The van der Waals surface area contributed by atoms with Crippen molar-refractivity contribution in [2.24, 2.45) is 4.99 Å². The minimum atomic E-state index is 0.185. The average molecular weight is 217 g/mol. The second-order valence-electron chi connectivity index (χ2n) is 2.93. The smallest absolute Gasteiger partial charge is 0.164 e. The summed E-state index contributed by atoms with van der Waals surface area (Å²) in [5, 5.41) is 4.10. The van der Waals surface area contributed by atoms with Crippen LogP contribution in [-0.2, 0) is 0 Å². The molecule has 1 atom stereocenters. The van der Waals surface area contributed by atoms with Gasteiger partial charge >= 0.3 is 0 Å². The Hall–Kier alpha value is -0.300. The van der Waals surface area contributed by atoms with Crippen LogP contribution in [0.2, 0.25) is 0 Å². The van der Waals surface area contributed by atoms with Crippen molar-refractivity contribution in [2.75, 3.05) is 26.0 Å². The first-order chi connectivity index (χ1) is 6.81. The highest BCUT2D eigenvalue weighted by atomic mass is 32.2. The summed E-state index contributed by atoms with van der Waals surface area (Å²) >= 11 is 1.72. The molecule has 82 valence electrons. The van der Waals surface area contributed by atoms with Gasteiger partial charge in [0.15, 0.2) is 5.50 Å². The Kier molecular flexibility index (Phi) is 5.24. The van der Waals surface area contributed by atoms with Crippen molar-refractivity contribution >= 4 is 18.1 Å². The summed E-state index contributed by atoms with van der Waals surface area (Å²) in [5.74, 6) is 0. The Morgan fingerprint density at radius 2 is 2.14 bits per heavy atom. The molecule has 0 radical (unpaired) electrons. The molecule has 6 heteroatoms. The molecule has 0 aromatic carbocycles. The first-order valence-corrected chi connectivity index (χ1v) is 6.17. The molecular formula is C8H19N5S. The largest absolute Gasteiger partial charge is 0.283 e. The second-order valence-corrected chi connectivity index (χ2v) is 3.82. The molecule has 5 nitrogen and oxygen atoms in total. The highest BCUT2D eigenvalue weighted by molar-refractivity contribution is 7.99. The molecule has 0 fully saturated rings. The van der Waals surface area contributed by atoms with Gasteiger partial charge < -0.3 is 0 Å². The van der Waals surface area contributed by atoms with Gasteiger partial charge in [0, 0.05) is 13.1 Å². The standard InChI is InChI=1S/C8H19N5S/c1-4-10-12-6-9-8(14-3)13(7-12)11-5-2/h6,8,10-11H,4-5,7H2,1-3H3. The molecule has 0 amide bonds. The van der Waals surface area contributed by atoms with Gasteiger partial charge in [0.25, 0.3) is 0 Å². The minimum Gasteiger partial charge on any atom is -0.283 e. The van der Waals surface area contributed by atoms with Crippen molar-refractivity contribution in [2.45, 2.75) is 19.3 Å². The third-order valence-electron chi connectivity index (χ3n) is 1.84. The maximum atomic E-state index is 4.41. The van der Waals surface area contributed by atoms with Gasteiger partial charge in [-0.3, -0.25) is 10.4 Å². The van der Waals surface area contributed by atoms with E-state index < -0.39 is 0 Å². The van der Waals surface area contributed by atoms with E-state index >= 15 is 0 Å². The molecule has 0 saturated heterocycles. The average Bonchev–Trinajstić information content (AvgIpc) is 2.19. The third kappa shape index (κ3) is 3.13. The Bertz CT molecular complexity index is 187. The lowest BCUT2D eigenvalue weighted by Gasteiger charge is -2.36. The Balaban J connectivity index is 2.51. The van der Waals surface area contributed by atoms with Gasteiger partial charge in [-0.2, -0.15) is 5.01 Å². The molecular weight excluding hydrogens is 198 g/mol. The summed E-state index contributed by atoms with van der Waals surface area (Å²) in [6.07, 6.45) is 3.92. The van der Waals surface area contributed by atoms with E-state index in [-0.39, 0.29) is 5.50 Å². The van der Waals surface area contributed by atoms with Gasteiger partial charge in [0.05, 0.1) is 0 Å². The Labute approximate surface area is 89.9 Å². The van der Waals surface area contributed by atoms with Crippen LogP contribution < -0.4 is 10.9 Å². The van der Waals surface area contributed by atoms with Gasteiger partial charge in [-0.1, -0.05) is 13.8 Å². The van der Waals surface area contributed by atoms with Gasteiger partial charge in [0.1, 0.15) is 13.0 Å². The molecule has 1 unspecified atom stereocenters. The van der Waals surface area contributed by atoms with Crippen LogP contribution in [0.3, 0.4) is 0 Å². The molecule has 0 spiro atoms. The highest BCUT2D eigenvalue weighted by Gasteiger charge is 2.21. The SMILES string of the molecule is CCNN1C=NC(SC)N(NCC)C1. The zero-order valence-corrected chi connectivity index (χ0v) is 9.84. The van der Waals surface area contributed by atoms with Gasteiger partial charge in [-0.25, -0.2) is 10.4 Å². The lowest BCUT2D eigenvalue weighted by molar-refractivity contribution is 0.0827. The van der Waals surface area contributed by atoms with Crippen LogP contribution in [0.1, 0.15) is 13.8 Å². The number of hydrogen-bond donors (Lipinski definition) is 2. The summed E-state index contributed by atoms with van der Waals surface area (Å²) in [5.41, 5.74) is 6.69. The van der Waals surface area contributed by atoms with E-state index in [0.717, 1.165) is 19.8 Å². The Morgan fingerprint density at radius 3 is 2.71 bits per heavy atom. The summed E-state index contributed by atoms with van der Waals surface area (Å²) in [4.78, 5) is 4.41. The maximum absolute atomic E-state index is 4.41. The van der Waals surface area contributed by atoms with Crippen LogP contribution in [0.25, 0.3) is 0 Å². The van der Waals surface area contributed by atoms with Gasteiger partial charge in [-0.05, 0) is 6.26 Å². The first-order valence-electron chi connectivity index (χ1n) is 4.88. The number of rotatable bonds is 5. The van der Waals surface area contributed by atoms with E-state index in [4.69, 9.17) is 0 Å². The second kappa shape index (κ2) is 6.23. The van der Waals surface area contributed by atoms with Crippen LogP contribution in [0.5, 0.6) is 0 Å². The van der Waals surface area contributed by atoms with Crippen LogP contribution in [0.15, 0.2) is 4.99 Å². The normalized spacial score (nSPS) is 23.1. The molecule has 0 aromatic heterocycles. The molecule has 14 heavy (non-hydrogen) atoms. The molecule has 1 aliphatic rings. The number of hydrogen-bond acceptors (Lipinski definition) is 6. The number of hydrazine groups is 2. The zero-order chi connectivity index (χ0) is 10.4. The fourth-order valence-corrected chi connectivity index (χ4v) is 1.87. The fourth-order valence-electron chi connectivity index (χ4n) is 1.30. The van der Waals surface area contributed by atoms with Crippen molar-refractivity contribution < 1.29 is 0 Å². The van der Waals surface area contributed by atoms with Crippen molar-refractivity contribution in [3.8, 4) is 0 Å². The monoisotopic (exact) mass is 217 g/mol. The molecule has 1 aliphatic heterocycles. The van der Waals surface area contributed by atoms with E-state index in [1.807, 2.05) is 11.3 Å². The van der Waals surface area contributed by atoms with E-state index in [9.17, 15) is 0 Å². The lowest BCUT2D eigenvalue weighted by Crippen LogP contribution is -2.55. The van der Waals surface area contributed by atoms with Crippen LogP contribution in [0.4, 0.5) is 0 Å². The summed E-state index contributed by atoms with van der Waals surface area (Å²) in [6, 6.07) is 0. The molecule has 1 rings (SSSR count). The molecule has 0 aliphatic carbocycles. The van der Waals surface area contributed by atoms with Crippen molar-refractivity contribution in [3.05, 3.63) is 0 Å². The van der Waals surface area contributed by atoms with Crippen molar-refractivity contribution in [1.29, 1.82) is 0 Å². The van der Waals surface area contributed by atoms with Gasteiger partial charge in [-0.15, -0.1) is 11.8 Å². The maximum Gasteiger partial charge on any atom is 0.164 e. The number of nitrogens with zero attached hydrogens (tertiary/aromatic N) is 3. The predicted molar refractivity (Wildman–Crippen MR) is 61.7 cm³/mol. The van der Waals surface area contributed by atoms with Gasteiger partial charge in [0.2, 0.25) is 0 Å². The van der Waals surface area contributed by atoms with E-state index in [2.05, 4.69) is 41.0 Å². The number of aliphatic imine (C=N–C) groups is 1.